The van der Waals surface area contributed by atoms with Crippen LogP contribution in [-0.4, -0.2) is 62.3 Å². The molecule has 1 aliphatic rings. The molecule has 1 unspecified atom stereocenters. The number of hydrogen-bond donors (Lipinski definition) is 5. The number of nitrogens with two attached hydrogens (primary N) is 3. The Balaban J connectivity index is 0.00000198. The van der Waals surface area contributed by atoms with Gasteiger partial charge in [-0.05, 0) is 31.8 Å². The van der Waals surface area contributed by atoms with Crippen LogP contribution in [0.3, 0.4) is 0 Å². The second-order valence-electron chi connectivity index (χ2n) is 6.15. The van der Waals surface area contributed by atoms with Crippen molar-refractivity contribution in [1.82, 2.24) is 15.5 Å². The van der Waals surface area contributed by atoms with Crippen LogP contribution >= 0.6 is 11.6 Å². The van der Waals surface area contributed by atoms with E-state index in [0.29, 0.717) is 11.6 Å². The quantitative estimate of drug-likeness (QED) is 0.360. The molecule has 2 atom stereocenters. The van der Waals surface area contributed by atoms with Crippen molar-refractivity contribution in [3.05, 3.63) is 34.9 Å². The normalized spacial score (nSPS) is 15.7. The first-order valence-electron chi connectivity index (χ1n) is 9.28. The van der Waals surface area contributed by atoms with E-state index in [2.05, 4.69) is 22.1 Å². The molecule has 1 saturated heterocycles. The largest absolute Gasteiger partial charge is 0.370 e. The van der Waals surface area contributed by atoms with Gasteiger partial charge in [-0.1, -0.05) is 23.7 Å². The minimum absolute atomic E-state index is 0.0520. The average Bonchev–Trinajstić information content (AvgIpc) is 3.11. The number of primary amides is 1. The molecule has 0 aromatic heterocycles. The smallest absolute Gasteiger partial charge is 0.242 e. The van der Waals surface area contributed by atoms with Gasteiger partial charge in [0.2, 0.25) is 23.6 Å². The van der Waals surface area contributed by atoms with Gasteiger partial charge in [0.15, 0.2) is 0 Å². The van der Waals surface area contributed by atoms with Gasteiger partial charge in [0, 0.05) is 31.6 Å². The van der Waals surface area contributed by atoms with Gasteiger partial charge in [-0.15, -0.1) is 0 Å². The van der Waals surface area contributed by atoms with Gasteiger partial charge < -0.3 is 32.7 Å². The third kappa shape index (κ3) is 8.76. The van der Waals surface area contributed by atoms with Crippen LogP contribution in [-0.2, 0) is 25.7 Å². The first kappa shape index (κ1) is 27.3. The zero-order valence-electron chi connectivity index (χ0n) is 17.5. The van der Waals surface area contributed by atoms with E-state index >= 15 is 0 Å². The van der Waals surface area contributed by atoms with Gasteiger partial charge in [0.1, 0.15) is 6.04 Å². The molecule has 0 saturated carbocycles. The van der Waals surface area contributed by atoms with Crippen LogP contribution in [0.25, 0.3) is 0 Å². The fourth-order valence-corrected chi connectivity index (χ4v) is 2.91. The molecule has 1 aromatic rings. The lowest BCUT2D eigenvalue weighted by Crippen LogP contribution is -2.49. The lowest BCUT2D eigenvalue weighted by molar-refractivity contribution is -0.132. The van der Waals surface area contributed by atoms with Gasteiger partial charge in [0.05, 0.1) is 12.3 Å². The molecule has 10 nitrogen and oxygen atoms in total. The molecule has 2 rings (SSSR count). The summed E-state index contributed by atoms with van der Waals surface area (Å²) in [5.41, 5.74) is 15.0. The number of halogens is 1. The predicted octanol–water partition coefficient (Wildman–Crippen LogP) is -1.06. The number of benzene rings is 1. The summed E-state index contributed by atoms with van der Waals surface area (Å²) in [5, 5.41) is 5.48. The summed E-state index contributed by atoms with van der Waals surface area (Å²) in [6.45, 7) is 0.615. The number of likely N-dealkylation sites (tertiary alicyclic amines) is 1. The van der Waals surface area contributed by atoms with E-state index in [9.17, 15) is 19.2 Å². The maximum absolute atomic E-state index is 12.4. The molecule has 168 valence electrons. The summed E-state index contributed by atoms with van der Waals surface area (Å²) in [6, 6.07) is 6.05. The van der Waals surface area contributed by atoms with Crippen LogP contribution in [0.15, 0.2) is 24.3 Å². The van der Waals surface area contributed by atoms with Crippen LogP contribution < -0.4 is 27.8 Å². The second-order valence-corrected chi connectivity index (χ2v) is 6.58. The highest BCUT2D eigenvalue weighted by atomic mass is 35.5. The molecule has 1 aromatic carbocycles. The van der Waals surface area contributed by atoms with Crippen molar-refractivity contribution < 1.29 is 19.2 Å². The van der Waals surface area contributed by atoms with Crippen molar-refractivity contribution in [2.75, 3.05) is 27.7 Å². The molecule has 30 heavy (non-hydrogen) atoms. The molecule has 0 bridgehead atoms. The van der Waals surface area contributed by atoms with E-state index in [1.54, 1.807) is 17.0 Å². The Hall–Kier alpha value is -2.69. The molecule has 1 fully saturated rings. The van der Waals surface area contributed by atoms with Crippen molar-refractivity contribution in [3.8, 4) is 0 Å². The maximum atomic E-state index is 12.4. The van der Waals surface area contributed by atoms with Crippen molar-refractivity contribution in [3.63, 3.8) is 0 Å². The lowest BCUT2D eigenvalue weighted by atomic mass is 10.1. The standard InChI is InChI=1S/C17H21ClN4O4.2CH5N/c1-20-17(26)13(7-14(19)23)21-16(25)11-6-15(24)22(9-11)8-10-2-4-12(18)5-3-10;2*1-2/h2-5,11,13H,6-9H2,1H3,(H2,19,23)(H,20,26)(H,21,25);2*2H2,1H3/t11?,13-;;/m0../s1. The van der Waals surface area contributed by atoms with Gasteiger partial charge in [-0.3, -0.25) is 19.2 Å². The van der Waals surface area contributed by atoms with E-state index in [0.717, 1.165) is 5.56 Å². The van der Waals surface area contributed by atoms with E-state index in [1.807, 2.05) is 12.1 Å². The summed E-state index contributed by atoms with van der Waals surface area (Å²) >= 11 is 5.84. The Bertz CT molecular complexity index is 713. The molecular formula is C19H31ClN6O4. The van der Waals surface area contributed by atoms with Crippen LogP contribution in [0.1, 0.15) is 18.4 Å². The monoisotopic (exact) mass is 442 g/mol. The Morgan fingerprint density at radius 2 is 1.73 bits per heavy atom. The zero-order valence-corrected chi connectivity index (χ0v) is 18.2. The lowest BCUT2D eigenvalue weighted by Gasteiger charge is -2.19. The van der Waals surface area contributed by atoms with Crippen molar-refractivity contribution >= 4 is 35.2 Å². The molecule has 1 aliphatic heterocycles. The second kappa shape index (κ2) is 14.3. The van der Waals surface area contributed by atoms with Gasteiger partial charge in [-0.2, -0.15) is 0 Å². The Labute approximate surface area is 181 Å². The van der Waals surface area contributed by atoms with Crippen molar-refractivity contribution in [2.24, 2.45) is 23.1 Å². The molecule has 0 radical (unpaired) electrons. The molecule has 8 N–H and O–H groups in total. The minimum atomic E-state index is -1.05. The molecular weight excluding hydrogens is 412 g/mol. The van der Waals surface area contributed by atoms with Gasteiger partial charge in [0.25, 0.3) is 0 Å². The Kier molecular flexibility index (Phi) is 13.0. The van der Waals surface area contributed by atoms with E-state index in [1.165, 1.54) is 21.1 Å². The Morgan fingerprint density at radius 3 is 2.23 bits per heavy atom. The van der Waals surface area contributed by atoms with Crippen LogP contribution in [0.2, 0.25) is 5.02 Å². The first-order valence-corrected chi connectivity index (χ1v) is 9.66. The topological polar surface area (TPSA) is 174 Å². The van der Waals surface area contributed by atoms with E-state index in [-0.39, 0.29) is 25.3 Å². The summed E-state index contributed by atoms with van der Waals surface area (Å²) in [7, 11) is 4.40. The van der Waals surface area contributed by atoms with Crippen LogP contribution in [0, 0.1) is 5.92 Å². The summed E-state index contributed by atoms with van der Waals surface area (Å²) in [6.07, 6.45) is -0.253. The molecule has 0 spiro atoms. The van der Waals surface area contributed by atoms with Crippen LogP contribution in [0.4, 0.5) is 0 Å². The molecule has 11 heteroatoms. The third-order valence-electron chi connectivity index (χ3n) is 4.16. The van der Waals surface area contributed by atoms with Gasteiger partial charge >= 0.3 is 0 Å². The maximum Gasteiger partial charge on any atom is 0.242 e. The highest BCUT2D eigenvalue weighted by Crippen LogP contribution is 2.21. The average molecular weight is 443 g/mol. The predicted molar refractivity (Wildman–Crippen MR) is 115 cm³/mol. The van der Waals surface area contributed by atoms with Gasteiger partial charge in [-0.25, -0.2) is 0 Å². The zero-order chi connectivity index (χ0) is 23.3. The minimum Gasteiger partial charge on any atom is -0.370 e. The molecule has 0 aliphatic carbocycles. The molecule has 4 amide bonds. The summed E-state index contributed by atoms with van der Waals surface area (Å²) < 4.78 is 0. The Morgan fingerprint density at radius 1 is 1.17 bits per heavy atom. The molecule has 1 heterocycles. The van der Waals surface area contributed by atoms with Crippen molar-refractivity contribution in [2.45, 2.75) is 25.4 Å². The van der Waals surface area contributed by atoms with E-state index in [4.69, 9.17) is 17.3 Å². The SMILES string of the molecule is CN.CN.CNC(=O)[C@H](CC(N)=O)NC(=O)C1CC(=O)N(Cc2ccc(Cl)cc2)C1. The number of nitrogens with zero attached hydrogens (tertiary/aromatic N) is 1. The number of carbonyl (C=O) groups excluding carboxylic acids is 4. The van der Waals surface area contributed by atoms with E-state index < -0.39 is 29.7 Å². The number of nitrogens with one attached hydrogen (secondary N) is 2. The first-order chi connectivity index (χ1) is 14.3. The number of rotatable bonds is 7. The summed E-state index contributed by atoms with van der Waals surface area (Å²) in [5.74, 6) is -2.40. The fraction of sp³-hybridized carbons (Fsp3) is 0.474. The fourth-order valence-electron chi connectivity index (χ4n) is 2.79. The highest BCUT2D eigenvalue weighted by Gasteiger charge is 2.36. The summed E-state index contributed by atoms with van der Waals surface area (Å²) in [4.78, 5) is 49.0. The number of amides is 4. The van der Waals surface area contributed by atoms with Crippen molar-refractivity contribution in [1.29, 1.82) is 0 Å². The van der Waals surface area contributed by atoms with Crippen LogP contribution in [0.5, 0.6) is 0 Å². The third-order valence-corrected chi connectivity index (χ3v) is 4.41. The highest BCUT2D eigenvalue weighted by molar-refractivity contribution is 6.30. The number of likely N-dealkylation sites (N-methyl/N-ethyl adjacent to an activating group) is 1. The number of hydrogen-bond acceptors (Lipinski definition) is 6. The number of carbonyl (C=O) groups is 4.